The highest BCUT2D eigenvalue weighted by atomic mass is 35.5. The summed E-state index contributed by atoms with van der Waals surface area (Å²) >= 11 is 5.92. The third-order valence-corrected chi connectivity index (χ3v) is 2.91. The molecule has 2 unspecified atom stereocenters. The topological polar surface area (TPSA) is 44.5 Å². The molecule has 2 N–H and O–H groups in total. The van der Waals surface area contributed by atoms with E-state index in [9.17, 15) is 0 Å². The minimum Gasteiger partial charge on any atom is -0.376 e. The van der Waals surface area contributed by atoms with Gasteiger partial charge in [-0.2, -0.15) is 0 Å². The van der Waals surface area contributed by atoms with Crippen molar-refractivity contribution in [3.63, 3.8) is 0 Å². The van der Waals surface area contributed by atoms with Crippen molar-refractivity contribution < 1.29 is 9.47 Å². The Labute approximate surface area is 100 Å². The number of halogens is 1. The summed E-state index contributed by atoms with van der Waals surface area (Å²) in [6.07, 6.45) is 0.752. The summed E-state index contributed by atoms with van der Waals surface area (Å²) in [5, 5.41) is 0.741. The molecule has 1 aliphatic rings. The fourth-order valence-corrected chi connectivity index (χ4v) is 2.03. The van der Waals surface area contributed by atoms with Gasteiger partial charge in [-0.05, 0) is 24.1 Å². The Morgan fingerprint density at radius 1 is 1.44 bits per heavy atom. The summed E-state index contributed by atoms with van der Waals surface area (Å²) in [5.74, 6) is 0. The van der Waals surface area contributed by atoms with Crippen molar-refractivity contribution in [1.29, 1.82) is 0 Å². The smallest absolute Gasteiger partial charge is 0.0963 e. The van der Waals surface area contributed by atoms with Crippen LogP contribution in [-0.4, -0.2) is 32.0 Å². The maximum atomic E-state index is 6.08. The van der Waals surface area contributed by atoms with E-state index in [1.165, 1.54) is 0 Å². The summed E-state index contributed by atoms with van der Waals surface area (Å²) in [4.78, 5) is 0. The van der Waals surface area contributed by atoms with Crippen LogP contribution in [0.15, 0.2) is 24.3 Å². The van der Waals surface area contributed by atoms with Crippen LogP contribution in [0.5, 0.6) is 0 Å². The van der Waals surface area contributed by atoms with Crippen molar-refractivity contribution in [2.75, 3.05) is 19.8 Å². The lowest BCUT2D eigenvalue weighted by Crippen LogP contribution is -2.44. The molecule has 2 atom stereocenters. The van der Waals surface area contributed by atoms with Crippen LogP contribution < -0.4 is 5.73 Å². The molecule has 1 heterocycles. The van der Waals surface area contributed by atoms with Crippen LogP contribution in [0.25, 0.3) is 0 Å². The summed E-state index contributed by atoms with van der Waals surface area (Å²) in [6, 6.07) is 7.71. The highest BCUT2D eigenvalue weighted by Crippen LogP contribution is 2.14. The second kappa shape index (κ2) is 5.64. The van der Waals surface area contributed by atoms with Gasteiger partial charge in [0.25, 0.3) is 0 Å². The zero-order chi connectivity index (χ0) is 11.4. The van der Waals surface area contributed by atoms with Crippen molar-refractivity contribution in [2.45, 2.75) is 18.6 Å². The Morgan fingerprint density at radius 2 is 2.31 bits per heavy atom. The van der Waals surface area contributed by atoms with Crippen LogP contribution in [0.2, 0.25) is 5.02 Å². The second-order valence-electron chi connectivity index (χ2n) is 3.98. The molecule has 3 nitrogen and oxygen atoms in total. The molecule has 0 saturated carbocycles. The molecule has 0 amide bonds. The number of ether oxygens (including phenoxy) is 2. The maximum absolute atomic E-state index is 6.08. The molecule has 1 aromatic rings. The van der Waals surface area contributed by atoms with Gasteiger partial charge in [-0.15, -0.1) is 0 Å². The average Bonchev–Trinajstić information content (AvgIpc) is 2.30. The van der Waals surface area contributed by atoms with E-state index >= 15 is 0 Å². The minimum absolute atomic E-state index is 0.00673. The predicted octanol–water partition coefficient (Wildman–Crippen LogP) is 1.63. The maximum Gasteiger partial charge on any atom is 0.0963 e. The van der Waals surface area contributed by atoms with Gasteiger partial charge in [-0.25, -0.2) is 0 Å². The number of rotatable bonds is 3. The highest BCUT2D eigenvalue weighted by molar-refractivity contribution is 6.30. The summed E-state index contributed by atoms with van der Waals surface area (Å²) in [7, 11) is 0. The molecule has 16 heavy (non-hydrogen) atoms. The molecule has 88 valence electrons. The molecule has 1 fully saturated rings. The van der Waals surface area contributed by atoms with Gasteiger partial charge in [0, 0.05) is 11.1 Å². The van der Waals surface area contributed by atoms with Gasteiger partial charge in [0.05, 0.1) is 25.9 Å². The number of nitrogens with two attached hydrogens (primary N) is 1. The molecule has 0 aliphatic carbocycles. The molecule has 0 bridgehead atoms. The lowest BCUT2D eigenvalue weighted by atomic mass is 10.0. The van der Waals surface area contributed by atoms with E-state index in [0.29, 0.717) is 19.8 Å². The summed E-state index contributed by atoms with van der Waals surface area (Å²) in [6.45, 7) is 1.88. The molecule has 0 radical (unpaired) electrons. The number of hydrogen-bond acceptors (Lipinski definition) is 3. The third kappa shape index (κ3) is 3.19. The van der Waals surface area contributed by atoms with Gasteiger partial charge < -0.3 is 15.2 Å². The van der Waals surface area contributed by atoms with Gasteiger partial charge in [-0.3, -0.25) is 0 Å². The van der Waals surface area contributed by atoms with Crippen LogP contribution in [0, 0.1) is 0 Å². The molecular weight excluding hydrogens is 226 g/mol. The van der Waals surface area contributed by atoms with E-state index in [0.717, 1.165) is 17.0 Å². The van der Waals surface area contributed by atoms with Crippen molar-refractivity contribution in [1.82, 2.24) is 0 Å². The van der Waals surface area contributed by atoms with Gasteiger partial charge in [0.15, 0.2) is 0 Å². The first-order valence-electron chi connectivity index (χ1n) is 5.45. The van der Waals surface area contributed by atoms with E-state index in [-0.39, 0.29) is 12.1 Å². The van der Waals surface area contributed by atoms with Crippen LogP contribution in [0.4, 0.5) is 0 Å². The predicted molar refractivity (Wildman–Crippen MR) is 63.7 cm³/mol. The van der Waals surface area contributed by atoms with Crippen molar-refractivity contribution in [2.24, 2.45) is 5.73 Å². The average molecular weight is 242 g/mol. The minimum atomic E-state index is -0.0428. The standard InChI is InChI=1S/C12H16ClNO2/c13-10-3-1-2-9(6-10)7-11(14)12-8-15-4-5-16-12/h1-3,6,11-12H,4-5,7-8,14H2. The largest absolute Gasteiger partial charge is 0.376 e. The van der Waals surface area contributed by atoms with Crippen LogP contribution in [-0.2, 0) is 15.9 Å². The van der Waals surface area contributed by atoms with E-state index in [1.54, 1.807) is 0 Å². The van der Waals surface area contributed by atoms with Crippen LogP contribution in [0.3, 0.4) is 0 Å². The van der Waals surface area contributed by atoms with E-state index in [1.807, 2.05) is 24.3 Å². The van der Waals surface area contributed by atoms with Gasteiger partial charge >= 0.3 is 0 Å². The second-order valence-corrected chi connectivity index (χ2v) is 4.42. The molecule has 4 heteroatoms. The van der Waals surface area contributed by atoms with Gasteiger partial charge in [0.2, 0.25) is 0 Å². The first-order valence-corrected chi connectivity index (χ1v) is 5.83. The van der Waals surface area contributed by atoms with Crippen LogP contribution >= 0.6 is 11.6 Å². The number of benzene rings is 1. The molecular formula is C12H16ClNO2. The zero-order valence-electron chi connectivity index (χ0n) is 9.06. The fraction of sp³-hybridized carbons (Fsp3) is 0.500. The third-order valence-electron chi connectivity index (χ3n) is 2.68. The van der Waals surface area contributed by atoms with Crippen molar-refractivity contribution in [3.05, 3.63) is 34.9 Å². The molecule has 1 aliphatic heterocycles. The lowest BCUT2D eigenvalue weighted by Gasteiger charge is -2.28. The lowest BCUT2D eigenvalue weighted by molar-refractivity contribution is -0.0967. The first kappa shape index (κ1) is 11.9. The van der Waals surface area contributed by atoms with E-state index in [2.05, 4.69) is 0 Å². The Kier molecular flexibility index (Phi) is 4.18. The molecule has 0 spiro atoms. The zero-order valence-corrected chi connectivity index (χ0v) is 9.82. The van der Waals surface area contributed by atoms with Crippen LogP contribution in [0.1, 0.15) is 5.56 Å². The van der Waals surface area contributed by atoms with E-state index in [4.69, 9.17) is 26.8 Å². The molecule has 0 aromatic heterocycles. The fourth-order valence-electron chi connectivity index (χ4n) is 1.82. The van der Waals surface area contributed by atoms with E-state index < -0.39 is 0 Å². The quantitative estimate of drug-likeness (QED) is 0.875. The number of hydrogen-bond donors (Lipinski definition) is 1. The monoisotopic (exact) mass is 241 g/mol. The van der Waals surface area contributed by atoms with Gasteiger partial charge in [0.1, 0.15) is 0 Å². The molecule has 2 rings (SSSR count). The SMILES string of the molecule is NC(Cc1cccc(Cl)c1)C1COCCO1. The first-order chi connectivity index (χ1) is 7.75. The van der Waals surface area contributed by atoms with Crippen molar-refractivity contribution in [3.8, 4) is 0 Å². The summed E-state index contributed by atoms with van der Waals surface area (Å²) < 4.78 is 10.9. The Balaban J connectivity index is 1.93. The Bertz CT molecular complexity index is 340. The van der Waals surface area contributed by atoms with Crippen molar-refractivity contribution >= 4 is 11.6 Å². The summed E-state index contributed by atoms with van der Waals surface area (Å²) in [5.41, 5.74) is 7.22. The normalized spacial score (nSPS) is 23.0. The molecule has 1 aromatic carbocycles. The Morgan fingerprint density at radius 3 is 3.00 bits per heavy atom. The highest BCUT2D eigenvalue weighted by Gasteiger charge is 2.22. The molecule has 1 saturated heterocycles. The Hall–Kier alpha value is -0.610. The van der Waals surface area contributed by atoms with Gasteiger partial charge in [-0.1, -0.05) is 23.7 Å².